The summed E-state index contributed by atoms with van der Waals surface area (Å²) in [5, 5.41) is 5.29. The number of benzene rings is 2. The third kappa shape index (κ3) is 5.75. The number of thiophene rings is 1. The molecule has 36 heavy (non-hydrogen) atoms. The van der Waals surface area contributed by atoms with E-state index < -0.39 is 5.92 Å². The van der Waals surface area contributed by atoms with Crippen LogP contribution in [0.2, 0.25) is 0 Å². The first-order valence-electron chi connectivity index (χ1n) is 12.6. The molecule has 4 heterocycles. The highest BCUT2D eigenvalue weighted by Crippen LogP contribution is 2.36. The molecule has 188 valence electrons. The monoisotopic (exact) mass is 507 g/mol. The van der Waals surface area contributed by atoms with Gasteiger partial charge < -0.3 is 14.5 Å². The lowest BCUT2D eigenvalue weighted by Crippen LogP contribution is -2.65. The number of piperidine rings is 3. The van der Waals surface area contributed by atoms with Crippen molar-refractivity contribution in [3.63, 3.8) is 0 Å². The molecule has 2 atom stereocenters. The van der Waals surface area contributed by atoms with Crippen LogP contribution >= 0.6 is 11.3 Å². The summed E-state index contributed by atoms with van der Waals surface area (Å²) in [7, 11) is 0. The van der Waals surface area contributed by atoms with Gasteiger partial charge in [0.2, 0.25) is 5.78 Å². The first kappa shape index (κ1) is 24.8. The highest BCUT2D eigenvalue weighted by molar-refractivity contribution is 7.12. The smallest absolute Gasteiger partial charge is 0.315 e. The molecule has 0 aliphatic carbocycles. The van der Waals surface area contributed by atoms with Crippen molar-refractivity contribution in [1.82, 2.24) is 5.32 Å². The zero-order valence-electron chi connectivity index (χ0n) is 20.3. The maximum Gasteiger partial charge on any atom is 0.315 e. The van der Waals surface area contributed by atoms with Crippen LogP contribution in [0.15, 0.2) is 72.1 Å². The number of nitrogens with one attached hydrogen (secondary N) is 1. The van der Waals surface area contributed by atoms with Crippen LogP contribution in [0.4, 0.5) is 4.39 Å². The molecule has 3 aliphatic rings. The van der Waals surface area contributed by atoms with Gasteiger partial charge in [-0.1, -0.05) is 48.5 Å². The summed E-state index contributed by atoms with van der Waals surface area (Å²) in [5.74, 6) is -0.394. The lowest BCUT2D eigenvalue weighted by molar-refractivity contribution is -0.938. The fourth-order valence-electron chi connectivity index (χ4n) is 5.61. The second kappa shape index (κ2) is 11.0. The Bertz CT molecular complexity index is 1160. The molecule has 0 radical (unpaired) electrons. The second-order valence-electron chi connectivity index (χ2n) is 10.1. The molecule has 0 amide bonds. The number of hydrogen-bond acceptors (Lipinski definition) is 5. The van der Waals surface area contributed by atoms with E-state index in [2.05, 4.69) is 5.32 Å². The van der Waals surface area contributed by atoms with Crippen LogP contribution in [0.1, 0.15) is 39.6 Å². The third-order valence-electron chi connectivity index (χ3n) is 7.66. The minimum atomic E-state index is -0.441. The van der Waals surface area contributed by atoms with Gasteiger partial charge in [0.05, 0.1) is 23.9 Å². The highest BCUT2D eigenvalue weighted by atomic mass is 32.1. The Labute approximate surface area is 215 Å². The Morgan fingerprint density at radius 2 is 1.78 bits per heavy atom. The highest BCUT2D eigenvalue weighted by Gasteiger charge is 2.49. The molecule has 0 saturated carbocycles. The molecule has 3 aliphatic heterocycles. The molecule has 5 nitrogen and oxygen atoms in total. The first-order valence-corrected chi connectivity index (χ1v) is 13.5. The molecule has 2 bridgehead atoms. The molecule has 2 unspecified atom stereocenters. The average Bonchev–Trinajstić information content (AvgIpc) is 3.44. The van der Waals surface area contributed by atoms with Crippen molar-refractivity contribution in [2.75, 3.05) is 32.7 Å². The topological polar surface area (TPSA) is 55.4 Å². The summed E-state index contributed by atoms with van der Waals surface area (Å²) in [6, 6.07) is 19.9. The van der Waals surface area contributed by atoms with E-state index in [0.29, 0.717) is 36.6 Å². The van der Waals surface area contributed by atoms with E-state index in [1.807, 2.05) is 47.8 Å². The van der Waals surface area contributed by atoms with Gasteiger partial charge in [-0.3, -0.25) is 9.59 Å². The number of ketones is 1. The van der Waals surface area contributed by atoms with E-state index in [0.717, 1.165) is 41.9 Å². The Morgan fingerprint density at radius 1 is 1.03 bits per heavy atom. The van der Waals surface area contributed by atoms with Gasteiger partial charge in [0.25, 0.3) is 0 Å². The number of carbonyl (C=O) groups is 2. The maximum atomic E-state index is 13.5. The number of rotatable bonds is 10. The van der Waals surface area contributed by atoms with Gasteiger partial charge in [-0.15, -0.1) is 11.3 Å². The molecule has 6 rings (SSSR count). The number of carbonyl (C=O) groups excluding carboxylic acids is 2. The first-order chi connectivity index (χ1) is 17.5. The van der Waals surface area contributed by atoms with Crippen LogP contribution in [-0.4, -0.2) is 55.1 Å². The van der Waals surface area contributed by atoms with Crippen molar-refractivity contribution in [2.45, 2.75) is 31.4 Å². The summed E-state index contributed by atoms with van der Waals surface area (Å²) in [5.41, 5.74) is 1.86. The van der Waals surface area contributed by atoms with Crippen LogP contribution < -0.4 is 5.32 Å². The fraction of sp³-hybridized carbons (Fsp3) is 0.379. The van der Waals surface area contributed by atoms with Crippen LogP contribution in [0.5, 0.6) is 0 Å². The van der Waals surface area contributed by atoms with Gasteiger partial charge in [0.1, 0.15) is 18.9 Å². The van der Waals surface area contributed by atoms with Gasteiger partial charge >= 0.3 is 5.97 Å². The number of ether oxygens (including phenoxy) is 1. The molecule has 0 spiro atoms. The van der Waals surface area contributed by atoms with E-state index in [4.69, 9.17) is 4.74 Å². The zero-order chi connectivity index (χ0) is 25.0. The van der Waals surface area contributed by atoms with Gasteiger partial charge in [0.15, 0.2) is 6.10 Å². The van der Waals surface area contributed by atoms with Crippen molar-refractivity contribution >= 4 is 23.1 Å². The van der Waals surface area contributed by atoms with Crippen LogP contribution in [0.25, 0.3) is 0 Å². The number of fused-ring (bicyclic) bond motifs is 3. The van der Waals surface area contributed by atoms with Crippen molar-refractivity contribution in [3.8, 4) is 0 Å². The summed E-state index contributed by atoms with van der Waals surface area (Å²) in [6.07, 6.45) is 1.79. The predicted octanol–water partition coefficient (Wildman–Crippen LogP) is 4.80. The normalized spacial score (nSPS) is 23.8. The van der Waals surface area contributed by atoms with Crippen molar-refractivity contribution < 1.29 is 23.2 Å². The number of nitrogens with zero attached hydrogens (tertiary/aromatic N) is 1. The van der Waals surface area contributed by atoms with Gasteiger partial charge in [-0.05, 0) is 34.7 Å². The number of quaternary nitrogens is 1. The second-order valence-corrected chi connectivity index (χ2v) is 11.0. The quantitative estimate of drug-likeness (QED) is 0.243. The van der Waals surface area contributed by atoms with Crippen molar-refractivity contribution in [2.24, 2.45) is 5.92 Å². The van der Waals surface area contributed by atoms with E-state index in [1.54, 1.807) is 12.1 Å². The Balaban J connectivity index is 1.24. The third-order valence-corrected chi connectivity index (χ3v) is 8.57. The number of hydrogen-bond donors (Lipinski definition) is 1. The molecular formula is C29H32FN2O3S+. The number of halogens is 1. The number of Topliss-reactive ketones (excluding diaryl/α,β-unsaturated/α-hetero) is 1. The van der Waals surface area contributed by atoms with Gasteiger partial charge in [-0.2, -0.15) is 0 Å². The molecule has 3 aromatic rings. The summed E-state index contributed by atoms with van der Waals surface area (Å²) in [6.45, 7) is 4.08. The minimum Gasteiger partial charge on any atom is -0.456 e. The largest absolute Gasteiger partial charge is 0.456 e. The lowest BCUT2D eigenvalue weighted by Gasteiger charge is -2.51. The van der Waals surface area contributed by atoms with Gasteiger partial charge in [0, 0.05) is 31.8 Å². The Kier molecular flexibility index (Phi) is 7.60. The van der Waals surface area contributed by atoms with Gasteiger partial charge in [-0.25, -0.2) is 4.39 Å². The number of esters is 1. The minimum absolute atomic E-state index is 0.167. The zero-order valence-corrected chi connectivity index (χ0v) is 21.1. The van der Waals surface area contributed by atoms with Crippen LogP contribution in [-0.2, 0) is 16.1 Å². The van der Waals surface area contributed by atoms with E-state index >= 15 is 0 Å². The summed E-state index contributed by atoms with van der Waals surface area (Å²) < 4.78 is 20.1. The van der Waals surface area contributed by atoms with E-state index in [1.165, 1.54) is 23.5 Å². The molecule has 7 heteroatoms. The lowest BCUT2D eigenvalue weighted by atomic mass is 9.83. The van der Waals surface area contributed by atoms with E-state index in [-0.39, 0.29) is 23.7 Å². The standard InChI is InChI=1S/C29H32FN2O3S/c30-24-10-8-21(9-11-24)17-31-18-25(22-5-2-1-3-6-22)29(34)35-27-20-32(14-12-23(27)13-15-32)19-26(33)28-7-4-16-36-28/h1-11,16,23,25,27,31H,12-15,17-20H2/q+1. The van der Waals surface area contributed by atoms with Crippen molar-refractivity contribution in [3.05, 3.63) is 93.9 Å². The summed E-state index contributed by atoms with van der Waals surface area (Å²) in [4.78, 5) is 27.2. The molecule has 3 fully saturated rings. The molecule has 1 aromatic heterocycles. The Hall–Kier alpha value is -2.87. The van der Waals surface area contributed by atoms with Crippen molar-refractivity contribution in [1.29, 1.82) is 0 Å². The average molecular weight is 508 g/mol. The Morgan fingerprint density at radius 3 is 2.47 bits per heavy atom. The predicted molar refractivity (Wildman–Crippen MR) is 138 cm³/mol. The van der Waals surface area contributed by atoms with E-state index in [9.17, 15) is 14.0 Å². The molecule has 1 N–H and O–H groups in total. The van der Waals surface area contributed by atoms with Crippen LogP contribution in [0, 0.1) is 11.7 Å². The molecular weight excluding hydrogens is 475 g/mol. The molecule has 2 aromatic carbocycles. The van der Waals surface area contributed by atoms with Crippen LogP contribution in [0.3, 0.4) is 0 Å². The maximum absolute atomic E-state index is 13.5. The fourth-order valence-corrected chi connectivity index (χ4v) is 6.27. The SMILES string of the molecule is O=C(C[N+]12CCC(CC1)C(OC(=O)C(CNCc1ccc(F)cc1)c1ccccc1)C2)c1cccs1. The molecule has 3 saturated heterocycles. The summed E-state index contributed by atoms with van der Waals surface area (Å²) >= 11 is 1.49.